The van der Waals surface area contributed by atoms with Gasteiger partial charge in [-0.2, -0.15) is 0 Å². The molecule has 0 amide bonds. The molecule has 0 saturated carbocycles. The molecule has 220 valence electrons. The molecule has 47 heavy (non-hydrogen) atoms. The molecule has 0 fully saturated rings. The zero-order valence-corrected chi connectivity index (χ0v) is 24.7. The predicted molar refractivity (Wildman–Crippen MR) is 184 cm³/mol. The number of aromatic nitrogens is 4. The van der Waals surface area contributed by atoms with Gasteiger partial charge in [0.15, 0.2) is 23.1 Å². The number of rotatable bonds is 4. The first-order valence-corrected chi connectivity index (χ1v) is 15.3. The van der Waals surface area contributed by atoms with Crippen molar-refractivity contribution in [1.29, 1.82) is 0 Å². The van der Waals surface area contributed by atoms with Crippen molar-refractivity contribution in [1.82, 2.24) is 19.9 Å². The van der Waals surface area contributed by atoms with E-state index >= 15 is 0 Å². The Hall–Kier alpha value is -6.60. The highest BCUT2D eigenvalue weighted by molar-refractivity contribution is 6.15. The predicted octanol–water partition coefficient (Wildman–Crippen LogP) is 10.5. The third-order valence-corrected chi connectivity index (χ3v) is 8.60. The van der Waals surface area contributed by atoms with Gasteiger partial charge in [0.2, 0.25) is 5.89 Å². The highest BCUT2D eigenvalue weighted by Gasteiger charge is 2.22. The lowest BCUT2D eigenvalue weighted by Crippen LogP contribution is -2.00. The second-order valence-corrected chi connectivity index (χ2v) is 11.4. The maximum Gasteiger partial charge on any atom is 0.231 e. The van der Waals surface area contributed by atoms with Gasteiger partial charge >= 0.3 is 0 Å². The fourth-order valence-corrected chi connectivity index (χ4v) is 6.45. The molecule has 0 aliphatic carbocycles. The Bertz CT molecular complexity index is 2780. The quantitative estimate of drug-likeness (QED) is 0.197. The van der Waals surface area contributed by atoms with Gasteiger partial charge in [-0.05, 0) is 36.4 Å². The van der Waals surface area contributed by atoms with Crippen molar-refractivity contribution >= 4 is 55.0 Å². The van der Waals surface area contributed by atoms with Crippen molar-refractivity contribution in [3.05, 3.63) is 133 Å². The minimum absolute atomic E-state index is 0.505. The van der Waals surface area contributed by atoms with Crippen molar-refractivity contribution < 1.29 is 13.3 Å². The van der Waals surface area contributed by atoms with Crippen LogP contribution in [-0.4, -0.2) is 19.9 Å². The number of fused-ring (bicyclic) bond motifs is 7. The molecule has 6 aromatic carbocycles. The van der Waals surface area contributed by atoms with Gasteiger partial charge in [-0.25, -0.2) is 19.9 Å². The van der Waals surface area contributed by atoms with Gasteiger partial charge in [0.25, 0.3) is 0 Å². The van der Waals surface area contributed by atoms with Crippen LogP contribution in [0.4, 0.5) is 0 Å². The van der Waals surface area contributed by atoms with Crippen LogP contribution >= 0.6 is 0 Å². The van der Waals surface area contributed by atoms with E-state index in [0.29, 0.717) is 34.5 Å². The standard InChI is InChI=1S/C40H22N4O3/c1-2-11-23(12-3-1)37-42-38(44-39(43-37)28-17-8-14-25-24-13-4-6-20-31(24)45-35(25)28)27-16-10-22-33-34(27)26-15-9-18-29(36(26)46-33)40-41-30-19-5-7-21-32(30)47-40/h1-22H. The molecule has 0 atom stereocenters. The molecule has 7 nitrogen and oxygen atoms in total. The number of nitrogens with zero attached hydrogens (tertiary/aromatic N) is 4. The van der Waals surface area contributed by atoms with Crippen molar-refractivity contribution in [2.45, 2.75) is 0 Å². The largest absolute Gasteiger partial charge is 0.455 e. The highest BCUT2D eigenvalue weighted by atomic mass is 16.4. The lowest BCUT2D eigenvalue weighted by atomic mass is 10.0. The first-order chi connectivity index (χ1) is 23.3. The van der Waals surface area contributed by atoms with Crippen molar-refractivity contribution in [2.75, 3.05) is 0 Å². The summed E-state index contributed by atoms with van der Waals surface area (Å²) in [5.41, 5.74) is 7.75. The van der Waals surface area contributed by atoms with Crippen LogP contribution in [0.1, 0.15) is 0 Å². The smallest absolute Gasteiger partial charge is 0.231 e. The Morgan fingerprint density at radius 2 is 0.957 bits per heavy atom. The summed E-state index contributed by atoms with van der Waals surface area (Å²) in [6.07, 6.45) is 0. The summed E-state index contributed by atoms with van der Waals surface area (Å²) in [6, 6.07) is 43.8. The van der Waals surface area contributed by atoms with Gasteiger partial charge in [0.05, 0.1) is 11.1 Å². The average molecular weight is 607 g/mol. The fourth-order valence-electron chi connectivity index (χ4n) is 6.45. The second-order valence-electron chi connectivity index (χ2n) is 11.4. The number of oxazole rings is 1. The fraction of sp³-hybridized carbons (Fsp3) is 0. The molecule has 0 saturated heterocycles. The Labute approximate surface area is 266 Å². The van der Waals surface area contributed by atoms with Gasteiger partial charge in [-0.3, -0.25) is 0 Å². The van der Waals surface area contributed by atoms with Gasteiger partial charge in [0, 0.05) is 32.7 Å². The van der Waals surface area contributed by atoms with E-state index in [0.717, 1.165) is 66.1 Å². The normalized spacial score (nSPS) is 11.8. The summed E-state index contributed by atoms with van der Waals surface area (Å²) in [5.74, 6) is 2.12. The van der Waals surface area contributed by atoms with Crippen LogP contribution in [-0.2, 0) is 0 Å². The van der Waals surface area contributed by atoms with Crippen LogP contribution in [0, 0.1) is 0 Å². The molecular weight excluding hydrogens is 584 g/mol. The van der Waals surface area contributed by atoms with Gasteiger partial charge < -0.3 is 13.3 Å². The molecule has 0 spiro atoms. The Morgan fingerprint density at radius 1 is 0.362 bits per heavy atom. The topological polar surface area (TPSA) is 91.0 Å². The van der Waals surface area contributed by atoms with E-state index < -0.39 is 0 Å². The van der Waals surface area contributed by atoms with E-state index in [2.05, 4.69) is 12.1 Å². The molecule has 0 aliphatic rings. The first kappa shape index (κ1) is 25.7. The SMILES string of the molecule is c1ccc(-c2nc(-c3cccc4c3oc3ccccc34)nc(-c3cccc4oc5c(-c6nc7ccccc7o6)cccc5c34)n2)cc1. The van der Waals surface area contributed by atoms with Crippen LogP contribution in [0.5, 0.6) is 0 Å². The van der Waals surface area contributed by atoms with Gasteiger partial charge in [-0.15, -0.1) is 0 Å². The Balaban J connectivity index is 1.23. The van der Waals surface area contributed by atoms with Gasteiger partial charge in [0.1, 0.15) is 27.8 Å². The van der Waals surface area contributed by atoms with E-state index in [9.17, 15) is 0 Å². The number of hydrogen-bond donors (Lipinski definition) is 0. The number of furan rings is 2. The molecule has 4 heterocycles. The summed E-state index contributed by atoms with van der Waals surface area (Å²) in [7, 11) is 0. The molecular formula is C40H22N4O3. The molecule has 4 aromatic heterocycles. The van der Waals surface area contributed by atoms with E-state index in [1.54, 1.807) is 0 Å². The van der Waals surface area contributed by atoms with E-state index in [-0.39, 0.29) is 0 Å². The summed E-state index contributed by atoms with van der Waals surface area (Å²) >= 11 is 0. The molecule has 0 N–H and O–H groups in total. The van der Waals surface area contributed by atoms with Gasteiger partial charge in [-0.1, -0.05) is 97.1 Å². The van der Waals surface area contributed by atoms with Crippen LogP contribution in [0.3, 0.4) is 0 Å². The zero-order chi connectivity index (χ0) is 30.9. The lowest BCUT2D eigenvalue weighted by molar-refractivity contribution is 0.615. The lowest BCUT2D eigenvalue weighted by Gasteiger charge is -2.09. The third kappa shape index (κ3) is 4.00. The molecule has 0 aliphatic heterocycles. The maximum atomic E-state index is 6.53. The molecule has 10 rings (SSSR count). The second kappa shape index (κ2) is 9.95. The minimum atomic E-state index is 0.505. The van der Waals surface area contributed by atoms with Crippen LogP contribution in [0.15, 0.2) is 147 Å². The molecule has 0 radical (unpaired) electrons. The molecule has 0 bridgehead atoms. The van der Waals surface area contributed by atoms with Crippen LogP contribution in [0.25, 0.3) is 101 Å². The number of para-hydroxylation sites is 5. The first-order valence-electron chi connectivity index (χ1n) is 15.3. The zero-order valence-electron chi connectivity index (χ0n) is 24.7. The van der Waals surface area contributed by atoms with E-state index in [1.807, 2.05) is 121 Å². The third-order valence-electron chi connectivity index (χ3n) is 8.60. The Kier molecular flexibility index (Phi) is 5.44. The number of hydrogen-bond acceptors (Lipinski definition) is 7. The summed E-state index contributed by atoms with van der Waals surface area (Å²) in [4.78, 5) is 19.9. The maximum absolute atomic E-state index is 6.53. The summed E-state index contributed by atoms with van der Waals surface area (Å²) in [6.45, 7) is 0. The van der Waals surface area contributed by atoms with Crippen molar-refractivity contribution in [3.8, 4) is 45.6 Å². The minimum Gasteiger partial charge on any atom is -0.455 e. The molecule has 7 heteroatoms. The summed E-state index contributed by atoms with van der Waals surface area (Å²) in [5, 5.41) is 3.87. The Morgan fingerprint density at radius 3 is 1.83 bits per heavy atom. The highest BCUT2D eigenvalue weighted by Crippen LogP contribution is 2.41. The van der Waals surface area contributed by atoms with E-state index in [4.69, 9.17) is 33.2 Å². The number of benzene rings is 6. The molecule has 0 unspecified atom stereocenters. The van der Waals surface area contributed by atoms with Crippen LogP contribution in [0.2, 0.25) is 0 Å². The summed E-state index contributed by atoms with van der Waals surface area (Å²) < 4.78 is 19.1. The molecule has 10 aromatic rings. The average Bonchev–Trinajstić information content (AvgIpc) is 3.85. The van der Waals surface area contributed by atoms with E-state index in [1.165, 1.54) is 0 Å². The van der Waals surface area contributed by atoms with Crippen molar-refractivity contribution in [2.24, 2.45) is 0 Å². The van der Waals surface area contributed by atoms with Crippen molar-refractivity contribution in [3.63, 3.8) is 0 Å². The monoisotopic (exact) mass is 606 g/mol. The van der Waals surface area contributed by atoms with Crippen LogP contribution < -0.4 is 0 Å².